The summed E-state index contributed by atoms with van der Waals surface area (Å²) in [5.41, 5.74) is 2.17. The molecule has 0 fully saturated rings. The summed E-state index contributed by atoms with van der Waals surface area (Å²) in [5, 5.41) is 8.74. The normalized spacial score (nSPS) is 11.5. The SMILES string of the molecule is COc1cc(CC#N)ccc1OC(C)Cc1ccccc1. The van der Waals surface area contributed by atoms with Crippen LogP contribution in [0, 0.1) is 11.3 Å². The van der Waals surface area contributed by atoms with Gasteiger partial charge in [-0.1, -0.05) is 36.4 Å². The van der Waals surface area contributed by atoms with Crippen molar-refractivity contribution < 1.29 is 9.47 Å². The van der Waals surface area contributed by atoms with E-state index in [1.165, 1.54) is 5.56 Å². The van der Waals surface area contributed by atoms with E-state index in [-0.39, 0.29) is 6.10 Å². The molecule has 1 unspecified atom stereocenters. The molecule has 1 atom stereocenters. The van der Waals surface area contributed by atoms with Crippen LogP contribution in [0.2, 0.25) is 0 Å². The van der Waals surface area contributed by atoms with Gasteiger partial charge in [0.15, 0.2) is 11.5 Å². The second-order valence-corrected chi connectivity index (χ2v) is 4.94. The number of hydrogen-bond acceptors (Lipinski definition) is 3. The van der Waals surface area contributed by atoms with Gasteiger partial charge in [0, 0.05) is 6.42 Å². The summed E-state index contributed by atoms with van der Waals surface area (Å²) in [5.74, 6) is 1.38. The lowest BCUT2D eigenvalue weighted by molar-refractivity contribution is 0.212. The predicted octanol–water partition coefficient (Wildman–Crippen LogP) is 3.77. The smallest absolute Gasteiger partial charge is 0.161 e. The molecule has 0 aliphatic heterocycles. The molecule has 0 spiro atoms. The Bertz CT molecular complexity index is 617. The number of ether oxygens (including phenoxy) is 2. The average Bonchev–Trinajstić information content (AvgIpc) is 2.50. The minimum Gasteiger partial charge on any atom is -0.493 e. The molecule has 2 aromatic carbocycles. The molecule has 0 N–H and O–H groups in total. The zero-order chi connectivity index (χ0) is 15.1. The van der Waals surface area contributed by atoms with E-state index >= 15 is 0 Å². The van der Waals surface area contributed by atoms with Gasteiger partial charge in [0.1, 0.15) is 6.10 Å². The molecule has 0 aromatic heterocycles. The van der Waals surface area contributed by atoms with Crippen LogP contribution in [-0.4, -0.2) is 13.2 Å². The van der Waals surface area contributed by atoms with Gasteiger partial charge in [-0.15, -0.1) is 0 Å². The molecule has 0 amide bonds. The Kier molecular flexibility index (Phi) is 5.22. The first-order chi connectivity index (χ1) is 10.2. The maximum atomic E-state index is 8.74. The van der Waals surface area contributed by atoms with Crippen LogP contribution in [0.4, 0.5) is 0 Å². The number of rotatable bonds is 6. The number of benzene rings is 2. The summed E-state index contributed by atoms with van der Waals surface area (Å²) >= 11 is 0. The van der Waals surface area contributed by atoms with Gasteiger partial charge in [0.05, 0.1) is 19.6 Å². The van der Waals surface area contributed by atoms with Gasteiger partial charge in [0.2, 0.25) is 0 Å². The molecule has 0 bridgehead atoms. The third-order valence-electron chi connectivity index (χ3n) is 3.21. The number of methoxy groups -OCH3 is 1. The summed E-state index contributed by atoms with van der Waals surface area (Å²) in [7, 11) is 1.61. The fourth-order valence-corrected chi connectivity index (χ4v) is 2.22. The quantitative estimate of drug-likeness (QED) is 0.809. The molecular weight excluding hydrogens is 262 g/mol. The van der Waals surface area contributed by atoms with Gasteiger partial charge in [-0.2, -0.15) is 5.26 Å². The van der Waals surface area contributed by atoms with Crippen LogP contribution in [-0.2, 0) is 12.8 Å². The fourth-order valence-electron chi connectivity index (χ4n) is 2.22. The Hall–Kier alpha value is -2.47. The lowest BCUT2D eigenvalue weighted by Crippen LogP contribution is -2.15. The van der Waals surface area contributed by atoms with E-state index in [1.54, 1.807) is 7.11 Å². The van der Waals surface area contributed by atoms with Gasteiger partial charge in [0.25, 0.3) is 0 Å². The molecule has 0 saturated carbocycles. The average molecular weight is 281 g/mol. The minimum absolute atomic E-state index is 0.0446. The first kappa shape index (κ1) is 14.9. The highest BCUT2D eigenvalue weighted by molar-refractivity contribution is 5.43. The Morgan fingerprint density at radius 1 is 1.05 bits per heavy atom. The maximum absolute atomic E-state index is 8.74. The van der Waals surface area contributed by atoms with Crippen molar-refractivity contribution in [2.75, 3.05) is 7.11 Å². The lowest BCUT2D eigenvalue weighted by atomic mass is 10.1. The molecular formula is C18H19NO2. The summed E-state index contributed by atoms with van der Waals surface area (Å²) in [6, 6.07) is 18.0. The monoisotopic (exact) mass is 281 g/mol. The van der Waals surface area contributed by atoms with E-state index in [2.05, 4.69) is 18.2 Å². The molecule has 21 heavy (non-hydrogen) atoms. The number of hydrogen-bond donors (Lipinski definition) is 0. The van der Waals surface area contributed by atoms with Crippen LogP contribution in [0.5, 0.6) is 11.5 Å². The van der Waals surface area contributed by atoms with Crippen molar-refractivity contribution in [2.45, 2.75) is 25.9 Å². The van der Waals surface area contributed by atoms with Crippen LogP contribution in [0.3, 0.4) is 0 Å². The van der Waals surface area contributed by atoms with E-state index in [4.69, 9.17) is 14.7 Å². The zero-order valence-electron chi connectivity index (χ0n) is 12.4. The number of nitrogens with zero attached hydrogens (tertiary/aromatic N) is 1. The zero-order valence-corrected chi connectivity index (χ0v) is 12.4. The topological polar surface area (TPSA) is 42.2 Å². The highest BCUT2D eigenvalue weighted by Gasteiger charge is 2.10. The Balaban J connectivity index is 2.06. The van der Waals surface area contributed by atoms with Crippen LogP contribution < -0.4 is 9.47 Å². The van der Waals surface area contributed by atoms with Crippen molar-refractivity contribution in [3.63, 3.8) is 0 Å². The van der Waals surface area contributed by atoms with Crippen molar-refractivity contribution in [2.24, 2.45) is 0 Å². The molecule has 2 aromatic rings. The summed E-state index contributed by atoms with van der Waals surface area (Å²) in [6.45, 7) is 2.04. The van der Waals surface area contributed by atoms with Crippen molar-refractivity contribution in [1.29, 1.82) is 5.26 Å². The van der Waals surface area contributed by atoms with E-state index in [1.807, 2.05) is 43.3 Å². The highest BCUT2D eigenvalue weighted by atomic mass is 16.5. The maximum Gasteiger partial charge on any atom is 0.161 e. The van der Waals surface area contributed by atoms with Crippen LogP contribution in [0.1, 0.15) is 18.1 Å². The van der Waals surface area contributed by atoms with E-state index in [9.17, 15) is 0 Å². The predicted molar refractivity (Wildman–Crippen MR) is 82.5 cm³/mol. The summed E-state index contributed by atoms with van der Waals surface area (Å²) in [6.07, 6.45) is 1.25. The van der Waals surface area contributed by atoms with Gasteiger partial charge >= 0.3 is 0 Å². The molecule has 0 aliphatic rings. The van der Waals surface area contributed by atoms with E-state index in [0.717, 1.165) is 12.0 Å². The van der Waals surface area contributed by atoms with Gasteiger partial charge in [-0.05, 0) is 30.2 Å². The van der Waals surface area contributed by atoms with Crippen molar-refractivity contribution in [3.05, 3.63) is 59.7 Å². The second kappa shape index (κ2) is 7.35. The Morgan fingerprint density at radius 2 is 1.81 bits per heavy atom. The Morgan fingerprint density at radius 3 is 2.48 bits per heavy atom. The molecule has 108 valence electrons. The van der Waals surface area contributed by atoms with E-state index < -0.39 is 0 Å². The molecule has 0 heterocycles. The Labute approximate surface area is 125 Å². The minimum atomic E-state index is 0.0446. The standard InChI is InChI=1S/C18H19NO2/c1-14(12-15-6-4-3-5-7-15)21-17-9-8-16(10-11-19)13-18(17)20-2/h3-9,13-14H,10,12H2,1-2H3. The van der Waals surface area contributed by atoms with Crippen LogP contribution >= 0.6 is 0 Å². The van der Waals surface area contributed by atoms with Crippen molar-refractivity contribution in [1.82, 2.24) is 0 Å². The van der Waals surface area contributed by atoms with Crippen LogP contribution in [0.25, 0.3) is 0 Å². The molecule has 3 heteroatoms. The molecule has 0 saturated heterocycles. The fraction of sp³-hybridized carbons (Fsp3) is 0.278. The van der Waals surface area contributed by atoms with Gasteiger partial charge < -0.3 is 9.47 Å². The van der Waals surface area contributed by atoms with Gasteiger partial charge in [-0.25, -0.2) is 0 Å². The summed E-state index contributed by atoms with van der Waals surface area (Å²) in [4.78, 5) is 0. The first-order valence-corrected chi connectivity index (χ1v) is 6.97. The van der Waals surface area contributed by atoms with Crippen molar-refractivity contribution >= 4 is 0 Å². The third-order valence-corrected chi connectivity index (χ3v) is 3.21. The van der Waals surface area contributed by atoms with Crippen molar-refractivity contribution in [3.8, 4) is 17.6 Å². The molecule has 0 aliphatic carbocycles. The third kappa shape index (κ3) is 4.25. The summed E-state index contributed by atoms with van der Waals surface area (Å²) < 4.78 is 11.3. The van der Waals surface area contributed by atoms with Crippen LogP contribution in [0.15, 0.2) is 48.5 Å². The first-order valence-electron chi connectivity index (χ1n) is 6.97. The van der Waals surface area contributed by atoms with Gasteiger partial charge in [-0.3, -0.25) is 0 Å². The largest absolute Gasteiger partial charge is 0.493 e. The second-order valence-electron chi connectivity index (χ2n) is 4.94. The van der Waals surface area contributed by atoms with E-state index in [0.29, 0.717) is 17.9 Å². The number of nitriles is 1. The molecule has 3 nitrogen and oxygen atoms in total. The highest BCUT2D eigenvalue weighted by Crippen LogP contribution is 2.29. The molecule has 0 radical (unpaired) electrons. The lowest BCUT2D eigenvalue weighted by Gasteiger charge is -2.17. The molecule has 2 rings (SSSR count).